The number of benzene rings is 10. The molecule has 4 N–H and O–H groups in total. The van der Waals surface area contributed by atoms with Crippen molar-refractivity contribution < 1.29 is 9.47 Å². The third-order valence-corrected chi connectivity index (χ3v) is 21.1. The first-order valence-corrected chi connectivity index (χ1v) is 38.2. The summed E-state index contributed by atoms with van der Waals surface area (Å²) >= 11 is 0. The molecule has 0 aliphatic carbocycles. The molecule has 4 aliphatic heterocycles. The molecule has 20 rings (SSSR count). The van der Waals surface area contributed by atoms with Crippen LogP contribution in [0, 0.1) is 0 Å². The second-order valence-electron chi connectivity index (χ2n) is 28.4. The molecule has 0 saturated carbocycles. The van der Waals surface area contributed by atoms with Crippen LogP contribution in [-0.4, -0.2) is 39.9 Å². The summed E-state index contributed by atoms with van der Waals surface area (Å²) in [5, 5.41) is 9.16. The fourth-order valence-corrected chi connectivity index (χ4v) is 15.7. The molecular weight excluding hydrogens is 1400 g/mol. The minimum atomic E-state index is 0.359. The number of fused-ring (bicyclic) bond motifs is 16. The highest BCUT2D eigenvalue weighted by atomic mass is 16.5. The van der Waals surface area contributed by atoms with Crippen LogP contribution in [0.2, 0.25) is 0 Å². The highest BCUT2D eigenvalue weighted by Gasteiger charge is 2.23. The van der Waals surface area contributed by atoms with Crippen LogP contribution >= 0.6 is 0 Å². The van der Waals surface area contributed by atoms with Crippen molar-refractivity contribution >= 4 is 104 Å². The lowest BCUT2D eigenvalue weighted by atomic mass is 10.0. The maximum atomic E-state index is 6.40. The minimum absolute atomic E-state index is 0.359. The second-order valence-corrected chi connectivity index (χ2v) is 28.4. The zero-order valence-electron chi connectivity index (χ0n) is 61.7. The largest absolute Gasteiger partial charge is 0.489 e. The number of hydrogen-bond acceptors (Lipinski definition) is 8. The minimum Gasteiger partial charge on any atom is -0.489 e. The quantitative estimate of drug-likeness (QED) is 0.0705. The summed E-state index contributed by atoms with van der Waals surface area (Å²) in [6.07, 6.45) is 17.1. The third kappa shape index (κ3) is 13.5. The Balaban J connectivity index is 0.544. The topological polar surface area (TPSA) is 158 Å². The number of aromatic nitrogens is 8. The number of rotatable bonds is 16. The Hall–Kier alpha value is -15.4. The third-order valence-electron chi connectivity index (χ3n) is 21.1. The van der Waals surface area contributed by atoms with E-state index in [0.717, 1.165) is 190 Å². The molecule has 0 radical (unpaired) electrons. The first-order valence-electron chi connectivity index (χ1n) is 38.2. The summed E-state index contributed by atoms with van der Waals surface area (Å²) in [5.74, 6) is 1.43. The van der Waals surface area contributed by atoms with Gasteiger partial charge in [-0.25, -0.2) is 19.9 Å². The lowest BCUT2D eigenvalue weighted by Crippen LogP contribution is -1.95. The van der Waals surface area contributed by atoms with Gasteiger partial charge in [-0.1, -0.05) is 231 Å². The Bertz CT molecular complexity index is 6390. The van der Waals surface area contributed by atoms with E-state index < -0.39 is 0 Å². The zero-order chi connectivity index (χ0) is 75.7. The van der Waals surface area contributed by atoms with Crippen LogP contribution in [-0.2, 0) is 13.2 Å². The Morgan fingerprint density at radius 1 is 0.193 bits per heavy atom. The van der Waals surface area contributed by atoms with Gasteiger partial charge in [-0.2, -0.15) is 10.2 Å². The number of H-pyrrole nitrogens is 4. The van der Waals surface area contributed by atoms with E-state index in [1.54, 1.807) is 0 Å². The van der Waals surface area contributed by atoms with Crippen LogP contribution in [0.3, 0.4) is 0 Å². The molecule has 0 saturated heterocycles. The van der Waals surface area contributed by atoms with Gasteiger partial charge >= 0.3 is 0 Å². The van der Waals surface area contributed by atoms with Gasteiger partial charge in [0.05, 0.1) is 56.9 Å². The predicted molar refractivity (Wildman–Crippen MR) is 467 cm³/mol. The van der Waals surface area contributed by atoms with Crippen LogP contribution in [0.15, 0.2) is 338 Å². The molecule has 16 aromatic rings. The smallest absolute Gasteiger partial charge is 0.119 e. The molecule has 0 unspecified atom stereocenters. The van der Waals surface area contributed by atoms with Gasteiger partial charge in [0.1, 0.15) is 24.7 Å². The van der Waals surface area contributed by atoms with Gasteiger partial charge in [-0.15, -0.1) is 0 Å². The molecule has 540 valence electrons. The molecule has 12 nitrogen and oxygen atoms in total. The number of ether oxygens (including phenoxy) is 2. The summed E-state index contributed by atoms with van der Waals surface area (Å²) < 4.78 is 12.8. The number of hydrogen-bond donors (Lipinski definition) is 4. The van der Waals surface area contributed by atoms with Gasteiger partial charge < -0.3 is 29.4 Å². The molecule has 16 bridgehead atoms. The normalized spacial score (nSPS) is 12.1. The van der Waals surface area contributed by atoms with Crippen molar-refractivity contribution in [3.63, 3.8) is 0 Å². The predicted octanol–water partition coefficient (Wildman–Crippen LogP) is 26.5. The Kier molecular flexibility index (Phi) is 17.8. The first-order chi connectivity index (χ1) is 56.4. The van der Waals surface area contributed by atoms with E-state index in [1.807, 2.05) is 84.9 Å². The number of nitrogens with zero attached hydrogens (tertiary/aromatic N) is 6. The van der Waals surface area contributed by atoms with Crippen LogP contribution in [0.5, 0.6) is 11.5 Å². The molecule has 0 atom stereocenters. The fraction of sp³-hybridized carbons (Fsp3) is 0.0196. The monoisotopic (exact) mass is 1470 g/mol. The van der Waals surface area contributed by atoms with Gasteiger partial charge in [0.25, 0.3) is 0 Å². The van der Waals surface area contributed by atoms with Gasteiger partial charge in [0.15, 0.2) is 0 Å². The summed E-state index contributed by atoms with van der Waals surface area (Å²) in [6.45, 7) is 0.719. The van der Waals surface area contributed by atoms with Crippen molar-refractivity contribution in [2.75, 3.05) is 0 Å². The van der Waals surface area contributed by atoms with E-state index in [0.29, 0.717) is 36.1 Å². The van der Waals surface area contributed by atoms with E-state index in [-0.39, 0.29) is 0 Å². The van der Waals surface area contributed by atoms with E-state index in [4.69, 9.17) is 29.4 Å². The maximum Gasteiger partial charge on any atom is 0.119 e. The number of azo groups is 1. The maximum absolute atomic E-state index is 6.40. The summed E-state index contributed by atoms with van der Waals surface area (Å²) in [5.41, 5.74) is 34.1. The van der Waals surface area contributed by atoms with Crippen LogP contribution < -0.4 is 9.47 Å². The molecule has 4 aliphatic rings. The van der Waals surface area contributed by atoms with E-state index >= 15 is 0 Å². The molecule has 0 spiro atoms. The number of aromatic amines is 4. The molecule has 10 aromatic carbocycles. The molecule has 12 heteroatoms. The van der Waals surface area contributed by atoms with Gasteiger partial charge in [-0.05, 0) is 201 Å². The molecule has 6 aromatic heterocycles. The fourth-order valence-electron chi connectivity index (χ4n) is 15.7. The van der Waals surface area contributed by atoms with Crippen LogP contribution in [0.25, 0.3) is 182 Å². The molecule has 0 amide bonds. The summed E-state index contributed by atoms with van der Waals surface area (Å²) in [4.78, 5) is 37.4. The lowest BCUT2D eigenvalue weighted by Gasteiger charge is -2.09. The van der Waals surface area contributed by atoms with Crippen LogP contribution in [0.4, 0.5) is 11.4 Å². The summed E-state index contributed by atoms with van der Waals surface area (Å²) in [6, 6.07) is 113. The zero-order valence-corrected chi connectivity index (χ0v) is 61.7. The second kappa shape index (κ2) is 29.9. The Morgan fingerprint density at radius 2 is 0.377 bits per heavy atom. The number of nitrogens with one attached hydrogen (secondary N) is 4. The molecule has 10 heterocycles. The van der Waals surface area contributed by atoms with Crippen molar-refractivity contribution in [3.8, 4) is 101 Å². The molecule has 114 heavy (non-hydrogen) atoms. The summed E-state index contributed by atoms with van der Waals surface area (Å²) in [7, 11) is 0. The van der Waals surface area contributed by atoms with Crippen LogP contribution in [0.1, 0.15) is 56.7 Å². The van der Waals surface area contributed by atoms with Gasteiger partial charge in [0, 0.05) is 88.6 Å². The van der Waals surface area contributed by atoms with E-state index in [1.165, 1.54) is 0 Å². The standard InChI is InChI=1S/C102H70N10O2/c1-7-19-67(20-8-1)95-79-47-51-83(103-79)97(69-23-11-3-12-24-69)87-55-59-91(107-87)101(92-60-56-88(108-92)98(70-25-13-4-14-26-70)84-52-48-80(95)104-84)73-35-31-65(32-36-73)63-113-77-43-39-75(40-44-77)111-112-76-41-45-78(46-42-76)114-64-66-33-37-74(38-34-66)102-93-61-57-89(109-93)99(71-27-15-5-16-28-71)85-53-49-81(105-85)96(68-21-9-2-10-22-68)82-50-54-86(106-82)100(72-29-17-6-18-30-72)90-58-62-94(102)110-90/h1-62,103,105,108,110H,63-64H2. The van der Waals surface area contributed by atoms with Gasteiger partial charge in [-0.3, -0.25) is 0 Å². The Morgan fingerprint density at radius 3 is 0.570 bits per heavy atom. The van der Waals surface area contributed by atoms with Crippen molar-refractivity contribution in [1.82, 2.24) is 39.9 Å². The van der Waals surface area contributed by atoms with Crippen molar-refractivity contribution in [1.29, 1.82) is 0 Å². The molecule has 0 fully saturated rings. The average molecular weight is 1470 g/mol. The lowest BCUT2D eigenvalue weighted by molar-refractivity contribution is 0.306. The molecular formula is C102H70N10O2. The van der Waals surface area contributed by atoms with Crippen molar-refractivity contribution in [3.05, 3.63) is 384 Å². The van der Waals surface area contributed by atoms with E-state index in [2.05, 4.69) is 321 Å². The highest BCUT2D eigenvalue weighted by molar-refractivity contribution is 6.03. The van der Waals surface area contributed by atoms with Crippen molar-refractivity contribution in [2.24, 2.45) is 10.2 Å². The Labute approximate surface area is 657 Å². The average Bonchev–Trinajstić information content (AvgIpc) is 1.62. The SMILES string of the molecule is C1=Cc2nc1c(-c1ccccc1)c1ccc([nH]1)c(-c1ccccc1)c1nc(c(-c3ccc(COc4ccc(N=Nc5ccc(OCc6ccc(-c7c8nc(c(-c9ccccc9)c9ccc([nH]9)c(-c9ccccc9)c9nc(c(-c%10ccccc%10)c%10ccc7[nH]%10)C=C9)C=C8)cc6)cc5)cc4)cc3)c3ccc([nH]3)c2-c2ccccc2)C=C1. The van der Waals surface area contributed by atoms with Crippen molar-refractivity contribution in [2.45, 2.75) is 13.2 Å². The first kappa shape index (κ1) is 67.9. The highest BCUT2D eigenvalue weighted by Crippen LogP contribution is 2.43. The van der Waals surface area contributed by atoms with E-state index in [9.17, 15) is 0 Å². The van der Waals surface area contributed by atoms with Gasteiger partial charge in [0.2, 0.25) is 0 Å².